The van der Waals surface area contributed by atoms with Crippen molar-refractivity contribution in [2.75, 3.05) is 5.32 Å². The summed E-state index contributed by atoms with van der Waals surface area (Å²) in [5.41, 5.74) is 1.62. The number of nitrogens with one attached hydrogen (secondary N) is 1. The van der Waals surface area contributed by atoms with E-state index in [1.54, 1.807) is 12.1 Å². The Morgan fingerprint density at radius 3 is 2.60 bits per heavy atom. The van der Waals surface area contributed by atoms with E-state index >= 15 is 0 Å². The molecule has 0 bridgehead atoms. The molecule has 0 fully saturated rings. The van der Waals surface area contributed by atoms with Crippen LogP contribution in [0.15, 0.2) is 30.6 Å². The average molecular weight is 327 g/mol. The number of fused-ring (bicyclic) bond motifs is 1. The molecule has 0 saturated carbocycles. The van der Waals surface area contributed by atoms with Gasteiger partial charge in [0.1, 0.15) is 17.4 Å². The van der Waals surface area contributed by atoms with Gasteiger partial charge in [-0.25, -0.2) is 15.0 Å². The van der Waals surface area contributed by atoms with Gasteiger partial charge in [-0.15, -0.1) is 0 Å². The van der Waals surface area contributed by atoms with Crippen molar-refractivity contribution in [3.63, 3.8) is 0 Å². The Labute approximate surface area is 129 Å². The Bertz CT molecular complexity index is 793. The predicted molar refractivity (Wildman–Crippen MR) is 79.9 cm³/mol. The van der Waals surface area contributed by atoms with Crippen molar-refractivity contribution in [2.24, 2.45) is 0 Å². The Kier molecular flexibility index (Phi) is 3.56. The molecule has 0 unspecified atom stereocenters. The Morgan fingerprint density at radius 2 is 1.80 bits per heavy atom. The van der Waals surface area contributed by atoms with Gasteiger partial charge in [0.05, 0.1) is 0 Å². The van der Waals surface area contributed by atoms with Gasteiger partial charge in [0, 0.05) is 10.7 Å². The van der Waals surface area contributed by atoms with Crippen LogP contribution in [0.2, 0.25) is 15.5 Å². The molecule has 2 aromatic heterocycles. The first-order chi connectivity index (χ1) is 9.63. The van der Waals surface area contributed by atoms with E-state index in [-0.39, 0.29) is 10.4 Å². The van der Waals surface area contributed by atoms with E-state index in [9.17, 15) is 0 Å². The highest BCUT2D eigenvalue weighted by Gasteiger charge is 2.11. The van der Waals surface area contributed by atoms with E-state index in [2.05, 4.69) is 25.3 Å². The molecule has 1 N–H and O–H groups in total. The molecule has 0 saturated heterocycles. The van der Waals surface area contributed by atoms with Gasteiger partial charge in [-0.1, -0.05) is 29.3 Å². The van der Waals surface area contributed by atoms with Crippen LogP contribution in [0.1, 0.15) is 0 Å². The minimum atomic E-state index is 0.0544. The molecule has 8 heteroatoms. The summed E-state index contributed by atoms with van der Waals surface area (Å²) in [7, 11) is 0. The van der Waals surface area contributed by atoms with Crippen LogP contribution in [0.5, 0.6) is 0 Å². The van der Waals surface area contributed by atoms with Crippen molar-refractivity contribution in [3.8, 4) is 0 Å². The number of nitrogens with zero attached hydrogens (tertiary/aromatic N) is 4. The maximum absolute atomic E-state index is 5.98. The molecule has 20 heavy (non-hydrogen) atoms. The smallest absolute Gasteiger partial charge is 0.225 e. The van der Waals surface area contributed by atoms with Gasteiger partial charge in [0.2, 0.25) is 5.28 Å². The fourth-order valence-electron chi connectivity index (χ4n) is 1.68. The summed E-state index contributed by atoms with van der Waals surface area (Å²) in [5, 5.41) is 3.96. The van der Waals surface area contributed by atoms with Crippen molar-refractivity contribution in [3.05, 3.63) is 46.1 Å². The lowest BCUT2D eigenvalue weighted by molar-refractivity contribution is 1.15. The van der Waals surface area contributed by atoms with Crippen molar-refractivity contribution in [2.45, 2.75) is 0 Å². The quantitative estimate of drug-likeness (QED) is 0.567. The normalized spacial score (nSPS) is 10.8. The first-order valence-corrected chi connectivity index (χ1v) is 6.63. The number of aromatic nitrogens is 4. The van der Waals surface area contributed by atoms with Crippen LogP contribution < -0.4 is 5.32 Å². The molecule has 0 amide bonds. The van der Waals surface area contributed by atoms with Gasteiger partial charge in [0.25, 0.3) is 0 Å². The fourth-order valence-corrected chi connectivity index (χ4v) is 2.22. The molecule has 3 rings (SSSR count). The van der Waals surface area contributed by atoms with Crippen LogP contribution in [0.4, 0.5) is 11.5 Å². The molecule has 5 nitrogen and oxygen atoms in total. The van der Waals surface area contributed by atoms with Crippen LogP contribution >= 0.6 is 34.8 Å². The van der Waals surface area contributed by atoms with E-state index in [1.165, 1.54) is 6.33 Å². The van der Waals surface area contributed by atoms with E-state index < -0.39 is 0 Å². The van der Waals surface area contributed by atoms with E-state index in [0.29, 0.717) is 21.9 Å². The molecular formula is C12H6Cl3N5. The van der Waals surface area contributed by atoms with Crippen molar-refractivity contribution < 1.29 is 0 Å². The van der Waals surface area contributed by atoms with Crippen LogP contribution in [-0.2, 0) is 0 Å². The van der Waals surface area contributed by atoms with Gasteiger partial charge in [-0.2, -0.15) is 4.98 Å². The summed E-state index contributed by atoms with van der Waals surface area (Å²) in [5.74, 6) is 0.437. The van der Waals surface area contributed by atoms with Crippen LogP contribution in [0.25, 0.3) is 11.0 Å². The number of rotatable bonds is 2. The largest absolute Gasteiger partial charge is 0.338 e. The second kappa shape index (κ2) is 5.36. The monoisotopic (exact) mass is 325 g/mol. The molecule has 0 aliphatic heterocycles. The minimum absolute atomic E-state index is 0.0544. The average Bonchev–Trinajstić information content (AvgIpc) is 2.40. The lowest BCUT2D eigenvalue weighted by Crippen LogP contribution is -1.99. The highest BCUT2D eigenvalue weighted by atomic mass is 35.5. The molecule has 100 valence electrons. The van der Waals surface area contributed by atoms with E-state index in [0.717, 1.165) is 5.69 Å². The third-order valence-corrected chi connectivity index (χ3v) is 3.18. The standard InChI is InChI=1S/C12H6Cl3N5/c13-6-2-1-3-7(4-6)18-11-9-8(19-12(15)20-11)10(14)17-5-16-9/h1-5H,(H,18,19,20). The van der Waals surface area contributed by atoms with Gasteiger partial charge in [0.15, 0.2) is 11.0 Å². The molecule has 0 spiro atoms. The molecule has 1 aromatic carbocycles. The van der Waals surface area contributed by atoms with Gasteiger partial charge in [-0.3, -0.25) is 0 Å². The van der Waals surface area contributed by atoms with Gasteiger partial charge >= 0.3 is 0 Å². The van der Waals surface area contributed by atoms with Gasteiger partial charge < -0.3 is 5.32 Å². The highest BCUT2D eigenvalue weighted by Crippen LogP contribution is 2.27. The summed E-state index contributed by atoms with van der Waals surface area (Å²) in [6.45, 7) is 0. The summed E-state index contributed by atoms with van der Waals surface area (Å²) in [6.07, 6.45) is 1.34. The number of halogens is 3. The molecule has 0 aliphatic carbocycles. The summed E-state index contributed by atoms with van der Waals surface area (Å²) >= 11 is 17.8. The highest BCUT2D eigenvalue weighted by molar-refractivity contribution is 6.34. The van der Waals surface area contributed by atoms with Crippen LogP contribution in [0.3, 0.4) is 0 Å². The van der Waals surface area contributed by atoms with E-state index in [4.69, 9.17) is 34.8 Å². The fraction of sp³-hybridized carbons (Fsp3) is 0. The van der Waals surface area contributed by atoms with Gasteiger partial charge in [-0.05, 0) is 29.8 Å². The predicted octanol–water partition coefficient (Wildman–Crippen LogP) is 4.12. The Balaban J connectivity index is 2.14. The van der Waals surface area contributed by atoms with Crippen molar-refractivity contribution in [1.82, 2.24) is 19.9 Å². The summed E-state index contributed by atoms with van der Waals surface area (Å²) < 4.78 is 0. The van der Waals surface area contributed by atoms with Crippen LogP contribution in [0, 0.1) is 0 Å². The first kappa shape index (κ1) is 13.3. The Morgan fingerprint density at radius 1 is 0.950 bits per heavy atom. The SMILES string of the molecule is Clc1cccc(Nc2nc(Cl)nc3c(Cl)ncnc23)c1. The summed E-state index contributed by atoms with van der Waals surface area (Å²) in [4.78, 5) is 16.1. The second-order valence-electron chi connectivity index (χ2n) is 3.84. The number of benzene rings is 1. The third kappa shape index (κ3) is 2.60. The molecule has 0 radical (unpaired) electrons. The number of hydrogen-bond acceptors (Lipinski definition) is 5. The minimum Gasteiger partial charge on any atom is -0.338 e. The zero-order valence-corrected chi connectivity index (χ0v) is 12.1. The second-order valence-corrected chi connectivity index (χ2v) is 4.97. The molecule has 3 aromatic rings. The topological polar surface area (TPSA) is 63.6 Å². The maximum Gasteiger partial charge on any atom is 0.225 e. The Hall–Kier alpha value is -1.69. The zero-order valence-electron chi connectivity index (χ0n) is 9.81. The third-order valence-electron chi connectivity index (χ3n) is 2.50. The van der Waals surface area contributed by atoms with Crippen molar-refractivity contribution in [1.29, 1.82) is 0 Å². The molecule has 2 heterocycles. The van der Waals surface area contributed by atoms with E-state index in [1.807, 2.05) is 12.1 Å². The number of anilines is 2. The zero-order chi connectivity index (χ0) is 14.1. The number of hydrogen-bond donors (Lipinski definition) is 1. The lowest BCUT2D eigenvalue weighted by atomic mass is 10.3. The summed E-state index contributed by atoms with van der Waals surface area (Å²) in [6, 6.07) is 7.19. The molecule has 0 atom stereocenters. The molecular weight excluding hydrogens is 321 g/mol. The van der Waals surface area contributed by atoms with Crippen LogP contribution in [-0.4, -0.2) is 19.9 Å². The maximum atomic E-state index is 5.98. The molecule has 0 aliphatic rings. The lowest BCUT2D eigenvalue weighted by Gasteiger charge is -2.08. The van der Waals surface area contributed by atoms with Crippen molar-refractivity contribution >= 4 is 57.3 Å². The first-order valence-electron chi connectivity index (χ1n) is 5.50.